The molecular weight excluding hydrogens is 428 g/mol. The quantitative estimate of drug-likeness (QED) is 0.533. The minimum Gasteiger partial charge on any atom is -0.462 e. The van der Waals surface area contributed by atoms with Crippen LogP contribution in [0, 0.1) is 51.2 Å². The van der Waals surface area contributed by atoms with E-state index in [0.29, 0.717) is 42.5 Å². The standard InChI is InChI=1S/C29H46O5/c1-8-25(3)11-9-12-26(4)20(25)10-13-27(5)21(26)15-23(31)28(6)18-16-33-29(7,32)24(18)19(14-22(27)28)34-17(2)30/h18-22,24,32H,8-16H2,1-7H3/t18-,19-,20?,21?,22?,24?,25-,26-,27+,28+,29-/m0/s1. The predicted molar refractivity (Wildman–Crippen MR) is 130 cm³/mol. The molecule has 5 rings (SSSR count). The number of Topliss-reactive ketones (excluding diaryl/α,β-unsaturated/α-hetero) is 1. The molecule has 0 aromatic carbocycles. The number of rotatable bonds is 2. The summed E-state index contributed by atoms with van der Waals surface area (Å²) in [5.74, 6) is -0.712. The molecule has 0 aromatic rings. The van der Waals surface area contributed by atoms with Crippen molar-refractivity contribution < 1.29 is 24.2 Å². The van der Waals surface area contributed by atoms with Crippen molar-refractivity contribution in [1.82, 2.24) is 0 Å². The number of hydrogen-bond donors (Lipinski definition) is 1. The Bertz CT molecular complexity index is 882. The second kappa shape index (κ2) is 7.54. The summed E-state index contributed by atoms with van der Waals surface area (Å²) in [6.45, 7) is 15.4. The average molecular weight is 475 g/mol. The van der Waals surface area contributed by atoms with Crippen LogP contribution in [0.3, 0.4) is 0 Å². The highest BCUT2D eigenvalue weighted by Crippen LogP contribution is 2.74. The monoisotopic (exact) mass is 474 g/mol. The van der Waals surface area contributed by atoms with Crippen LogP contribution in [0.2, 0.25) is 0 Å². The van der Waals surface area contributed by atoms with Gasteiger partial charge in [-0.15, -0.1) is 0 Å². The molecule has 0 radical (unpaired) electrons. The number of fused-ring (bicyclic) bond motifs is 7. The molecule has 4 aliphatic carbocycles. The van der Waals surface area contributed by atoms with Gasteiger partial charge in [0.15, 0.2) is 5.79 Å². The Labute approximate surface area is 205 Å². The van der Waals surface area contributed by atoms with E-state index in [1.807, 2.05) is 0 Å². The van der Waals surface area contributed by atoms with Crippen LogP contribution >= 0.6 is 0 Å². The van der Waals surface area contributed by atoms with Gasteiger partial charge in [0, 0.05) is 24.7 Å². The molecule has 0 aromatic heterocycles. The lowest BCUT2D eigenvalue weighted by atomic mass is 9.34. The molecule has 0 spiro atoms. The smallest absolute Gasteiger partial charge is 0.302 e. The van der Waals surface area contributed by atoms with E-state index < -0.39 is 17.3 Å². The number of ketones is 1. The third-order valence-electron chi connectivity index (χ3n) is 12.5. The van der Waals surface area contributed by atoms with Gasteiger partial charge in [-0.2, -0.15) is 0 Å². The molecule has 1 saturated heterocycles. The fourth-order valence-electron chi connectivity index (χ4n) is 10.8. The first kappa shape index (κ1) is 24.7. The fraction of sp³-hybridized carbons (Fsp3) is 0.931. The highest BCUT2D eigenvalue weighted by Gasteiger charge is 2.73. The molecule has 0 amide bonds. The average Bonchev–Trinajstić information content (AvgIpc) is 3.07. The first-order chi connectivity index (χ1) is 15.7. The fourth-order valence-corrected chi connectivity index (χ4v) is 10.8. The van der Waals surface area contributed by atoms with Gasteiger partial charge in [-0.05, 0) is 73.0 Å². The van der Waals surface area contributed by atoms with Gasteiger partial charge in [-0.25, -0.2) is 0 Å². The van der Waals surface area contributed by atoms with Crippen LogP contribution in [0.5, 0.6) is 0 Å². The summed E-state index contributed by atoms with van der Waals surface area (Å²) in [7, 11) is 0. The zero-order valence-corrected chi connectivity index (χ0v) is 22.4. The number of carbonyl (C=O) groups excluding carboxylic acids is 2. The van der Waals surface area contributed by atoms with Crippen molar-refractivity contribution in [2.75, 3.05) is 6.61 Å². The topological polar surface area (TPSA) is 72.8 Å². The van der Waals surface area contributed by atoms with Crippen molar-refractivity contribution in [2.24, 2.45) is 51.2 Å². The molecule has 1 heterocycles. The van der Waals surface area contributed by atoms with Crippen LogP contribution in [0.15, 0.2) is 0 Å². The van der Waals surface area contributed by atoms with Crippen molar-refractivity contribution in [1.29, 1.82) is 0 Å². The predicted octanol–water partition coefficient (Wildman–Crippen LogP) is 5.53. The van der Waals surface area contributed by atoms with E-state index in [1.165, 1.54) is 39.0 Å². The Hall–Kier alpha value is -0.940. The SMILES string of the molecule is CC[C@@]1(C)CCC[C@@]2(C)C1CC[C@]1(C)C2CC(=O)[C@@]2(C)C1C[C@H](OC(C)=O)C1[C@@H]2CO[C@]1(C)O. The third-order valence-corrected chi connectivity index (χ3v) is 12.5. The van der Waals surface area contributed by atoms with Gasteiger partial charge in [0.2, 0.25) is 0 Å². The Morgan fingerprint density at radius 1 is 1.06 bits per heavy atom. The van der Waals surface area contributed by atoms with Gasteiger partial charge in [0.25, 0.3) is 0 Å². The summed E-state index contributed by atoms with van der Waals surface area (Å²) >= 11 is 0. The summed E-state index contributed by atoms with van der Waals surface area (Å²) in [5, 5.41) is 11.1. The zero-order chi connectivity index (χ0) is 24.9. The molecular formula is C29H46O5. The molecule has 0 bridgehead atoms. The molecule has 5 nitrogen and oxygen atoms in total. The lowest BCUT2D eigenvalue weighted by Gasteiger charge is -2.70. The minimum atomic E-state index is -1.38. The molecule has 1 N–H and O–H groups in total. The molecule has 34 heavy (non-hydrogen) atoms. The molecule has 5 fully saturated rings. The highest BCUT2D eigenvalue weighted by atomic mass is 16.6. The number of esters is 1. The van der Waals surface area contributed by atoms with Gasteiger partial charge in [0.05, 0.1) is 12.5 Å². The first-order valence-electron chi connectivity index (χ1n) is 13.8. The largest absolute Gasteiger partial charge is 0.462 e. The number of hydrogen-bond acceptors (Lipinski definition) is 5. The Morgan fingerprint density at radius 2 is 1.74 bits per heavy atom. The molecule has 5 aliphatic rings. The first-order valence-corrected chi connectivity index (χ1v) is 13.8. The summed E-state index contributed by atoms with van der Waals surface area (Å²) in [6, 6.07) is 0. The van der Waals surface area contributed by atoms with Crippen LogP contribution in [0.4, 0.5) is 0 Å². The van der Waals surface area contributed by atoms with Gasteiger partial charge in [-0.3, -0.25) is 9.59 Å². The summed E-state index contributed by atoms with van der Waals surface area (Å²) < 4.78 is 11.8. The number of ether oxygens (including phenoxy) is 2. The summed E-state index contributed by atoms with van der Waals surface area (Å²) in [5.41, 5.74) is -0.0246. The van der Waals surface area contributed by atoms with Crippen molar-refractivity contribution in [2.45, 2.75) is 112 Å². The van der Waals surface area contributed by atoms with E-state index in [0.717, 1.165) is 6.42 Å². The third kappa shape index (κ3) is 3.04. The van der Waals surface area contributed by atoms with E-state index in [-0.39, 0.29) is 34.6 Å². The van der Waals surface area contributed by atoms with Gasteiger partial charge in [-0.1, -0.05) is 47.5 Å². The Morgan fingerprint density at radius 3 is 2.38 bits per heavy atom. The van der Waals surface area contributed by atoms with Crippen molar-refractivity contribution >= 4 is 11.8 Å². The van der Waals surface area contributed by atoms with Crippen LogP contribution < -0.4 is 0 Å². The summed E-state index contributed by atoms with van der Waals surface area (Å²) in [6.07, 6.45) is 8.17. The lowest BCUT2D eigenvalue weighted by Crippen LogP contribution is -2.68. The van der Waals surface area contributed by atoms with Crippen LogP contribution in [-0.2, 0) is 19.1 Å². The van der Waals surface area contributed by atoms with Crippen molar-refractivity contribution in [3.63, 3.8) is 0 Å². The summed E-state index contributed by atoms with van der Waals surface area (Å²) in [4.78, 5) is 26.3. The van der Waals surface area contributed by atoms with Gasteiger partial charge < -0.3 is 14.6 Å². The number of carbonyl (C=O) groups is 2. The van der Waals surface area contributed by atoms with Crippen molar-refractivity contribution in [3.05, 3.63) is 0 Å². The second-order valence-electron chi connectivity index (χ2n) is 13.9. The maximum atomic E-state index is 14.2. The molecule has 5 heteroatoms. The molecule has 4 unspecified atom stereocenters. The van der Waals surface area contributed by atoms with Crippen molar-refractivity contribution in [3.8, 4) is 0 Å². The Balaban J connectivity index is 1.59. The molecule has 1 aliphatic heterocycles. The van der Waals surface area contributed by atoms with Crippen LogP contribution in [0.1, 0.15) is 99.8 Å². The Kier molecular flexibility index (Phi) is 5.48. The molecule has 11 atom stereocenters. The maximum absolute atomic E-state index is 14.2. The van der Waals surface area contributed by atoms with E-state index >= 15 is 0 Å². The molecule has 192 valence electrons. The maximum Gasteiger partial charge on any atom is 0.302 e. The van der Waals surface area contributed by atoms with Gasteiger partial charge >= 0.3 is 5.97 Å². The van der Waals surface area contributed by atoms with E-state index in [1.54, 1.807) is 6.92 Å². The lowest BCUT2D eigenvalue weighted by molar-refractivity contribution is -0.241. The number of aliphatic hydroxyl groups is 1. The van der Waals surface area contributed by atoms with E-state index in [4.69, 9.17) is 9.47 Å². The van der Waals surface area contributed by atoms with Crippen LogP contribution in [-0.4, -0.2) is 35.4 Å². The normalized spacial score (nSPS) is 56.6. The van der Waals surface area contributed by atoms with Gasteiger partial charge in [0.1, 0.15) is 11.9 Å². The zero-order valence-electron chi connectivity index (χ0n) is 22.4. The second-order valence-corrected chi connectivity index (χ2v) is 13.9. The minimum absolute atomic E-state index is 0.0116. The van der Waals surface area contributed by atoms with E-state index in [9.17, 15) is 14.7 Å². The molecule has 4 saturated carbocycles. The highest BCUT2D eigenvalue weighted by molar-refractivity contribution is 5.87. The van der Waals surface area contributed by atoms with E-state index in [2.05, 4.69) is 34.6 Å². The van der Waals surface area contributed by atoms with Crippen LogP contribution in [0.25, 0.3) is 0 Å².